The molecule has 0 bridgehead atoms. The van der Waals surface area contributed by atoms with Crippen molar-refractivity contribution >= 4 is 72.2 Å². The molecule has 6 aromatic carbocycles. The van der Waals surface area contributed by atoms with Gasteiger partial charge < -0.3 is 4.57 Å². The van der Waals surface area contributed by atoms with Crippen LogP contribution in [0, 0.1) is 0 Å². The van der Waals surface area contributed by atoms with Gasteiger partial charge in [0.25, 0.3) is 0 Å². The van der Waals surface area contributed by atoms with E-state index in [9.17, 15) is 0 Å². The summed E-state index contributed by atoms with van der Waals surface area (Å²) in [6.45, 7) is 0. The summed E-state index contributed by atoms with van der Waals surface area (Å²) in [6, 6.07) is 47.1. The molecule has 0 aliphatic rings. The Morgan fingerprint density at radius 2 is 1.18 bits per heavy atom. The molecule has 0 fully saturated rings. The summed E-state index contributed by atoms with van der Waals surface area (Å²) in [6.07, 6.45) is 0. The van der Waals surface area contributed by atoms with Crippen LogP contribution in [0.1, 0.15) is 0 Å². The summed E-state index contributed by atoms with van der Waals surface area (Å²) in [7, 11) is -3.23. The van der Waals surface area contributed by atoms with E-state index in [1.807, 2.05) is 78.9 Å². The maximum Gasteiger partial charge on any atom is 0.173 e. The van der Waals surface area contributed by atoms with Crippen LogP contribution in [0.2, 0.25) is 0 Å². The molecular formula is C35H23N2OP. The van der Waals surface area contributed by atoms with Crippen LogP contribution >= 0.6 is 7.14 Å². The molecule has 0 spiro atoms. The van der Waals surface area contributed by atoms with Gasteiger partial charge in [-0.25, -0.2) is 4.98 Å². The summed E-state index contributed by atoms with van der Waals surface area (Å²) in [5.74, 6) is 0. The minimum atomic E-state index is -3.23. The Morgan fingerprint density at radius 1 is 0.538 bits per heavy atom. The Labute approximate surface area is 225 Å². The molecule has 3 nitrogen and oxygen atoms in total. The lowest BCUT2D eigenvalue weighted by Gasteiger charge is -2.21. The van der Waals surface area contributed by atoms with E-state index in [4.69, 9.17) is 4.98 Å². The highest BCUT2D eigenvalue weighted by molar-refractivity contribution is 7.85. The molecule has 0 N–H and O–H groups in total. The molecule has 0 saturated carbocycles. The fourth-order valence-electron chi connectivity index (χ4n) is 6.11. The van der Waals surface area contributed by atoms with Crippen molar-refractivity contribution in [1.82, 2.24) is 9.38 Å². The van der Waals surface area contributed by atoms with Crippen molar-refractivity contribution in [2.45, 2.75) is 0 Å². The second-order valence-corrected chi connectivity index (χ2v) is 12.7. The molecule has 0 saturated heterocycles. The molecule has 4 heteroatoms. The largest absolute Gasteiger partial charge is 0.309 e. The summed E-state index contributed by atoms with van der Waals surface area (Å²) >= 11 is 0. The Bertz CT molecular complexity index is 2210. The fraction of sp³-hybridized carbons (Fsp3) is 0. The monoisotopic (exact) mass is 518 g/mol. The molecule has 0 unspecified atom stereocenters. The molecule has 2 heterocycles. The van der Waals surface area contributed by atoms with Crippen LogP contribution in [0.15, 0.2) is 140 Å². The van der Waals surface area contributed by atoms with E-state index in [1.54, 1.807) is 0 Å². The van der Waals surface area contributed by atoms with Crippen molar-refractivity contribution in [1.29, 1.82) is 0 Å². The van der Waals surface area contributed by atoms with Gasteiger partial charge in [0, 0.05) is 32.1 Å². The molecule has 0 amide bonds. The highest BCUT2D eigenvalue weighted by atomic mass is 31.2. The van der Waals surface area contributed by atoms with Crippen molar-refractivity contribution < 1.29 is 4.57 Å². The predicted molar refractivity (Wildman–Crippen MR) is 165 cm³/mol. The van der Waals surface area contributed by atoms with Gasteiger partial charge in [0.05, 0.1) is 16.6 Å². The average molecular weight is 519 g/mol. The summed E-state index contributed by atoms with van der Waals surface area (Å²) < 4.78 is 17.7. The Hall–Kier alpha value is -4.72. The first-order valence-electron chi connectivity index (χ1n) is 13.1. The second kappa shape index (κ2) is 8.39. The number of pyridine rings is 1. The van der Waals surface area contributed by atoms with Gasteiger partial charge in [0.1, 0.15) is 5.65 Å². The fourth-order valence-corrected chi connectivity index (χ4v) is 8.96. The van der Waals surface area contributed by atoms with E-state index in [2.05, 4.69) is 65.1 Å². The number of hydrogen-bond acceptors (Lipinski definition) is 2. The van der Waals surface area contributed by atoms with Crippen LogP contribution in [-0.4, -0.2) is 9.38 Å². The second-order valence-electron chi connectivity index (χ2n) is 9.92. The van der Waals surface area contributed by atoms with Crippen LogP contribution in [-0.2, 0) is 4.57 Å². The maximum absolute atomic E-state index is 15.5. The topological polar surface area (TPSA) is 34.4 Å². The minimum absolute atomic E-state index is 0.801. The van der Waals surface area contributed by atoms with Gasteiger partial charge >= 0.3 is 0 Å². The molecule has 2 aromatic heterocycles. The smallest absolute Gasteiger partial charge is 0.173 e. The summed E-state index contributed by atoms with van der Waals surface area (Å²) in [4.78, 5) is 5.20. The maximum atomic E-state index is 15.5. The van der Waals surface area contributed by atoms with Gasteiger partial charge in [-0.3, -0.25) is 4.40 Å². The van der Waals surface area contributed by atoms with Crippen LogP contribution in [0.5, 0.6) is 0 Å². The van der Waals surface area contributed by atoms with E-state index in [0.29, 0.717) is 0 Å². The third-order valence-corrected chi connectivity index (χ3v) is 10.9. The van der Waals surface area contributed by atoms with Crippen LogP contribution < -0.4 is 15.9 Å². The number of rotatable bonds is 3. The van der Waals surface area contributed by atoms with Crippen molar-refractivity contribution in [2.24, 2.45) is 0 Å². The van der Waals surface area contributed by atoms with E-state index >= 15 is 4.57 Å². The van der Waals surface area contributed by atoms with Crippen LogP contribution in [0.3, 0.4) is 0 Å². The highest BCUT2D eigenvalue weighted by Crippen LogP contribution is 2.45. The third-order valence-electron chi connectivity index (χ3n) is 7.82. The minimum Gasteiger partial charge on any atom is -0.309 e. The number of para-hydroxylation sites is 2. The molecule has 184 valence electrons. The number of benzene rings is 6. The Morgan fingerprint density at radius 3 is 1.92 bits per heavy atom. The first kappa shape index (κ1) is 22.3. The van der Waals surface area contributed by atoms with Crippen molar-refractivity contribution in [2.75, 3.05) is 0 Å². The molecule has 0 radical (unpaired) electrons. The number of aromatic nitrogens is 2. The van der Waals surface area contributed by atoms with Crippen molar-refractivity contribution in [3.05, 3.63) is 140 Å². The van der Waals surface area contributed by atoms with Gasteiger partial charge in [0.15, 0.2) is 7.14 Å². The average Bonchev–Trinajstić information content (AvgIpc) is 3.41. The zero-order chi connectivity index (χ0) is 26.0. The van der Waals surface area contributed by atoms with Crippen molar-refractivity contribution in [3.8, 4) is 0 Å². The molecule has 8 aromatic rings. The van der Waals surface area contributed by atoms with Crippen LogP contribution in [0.25, 0.3) is 49.1 Å². The first-order chi connectivity index (χ1) is 19.2. The lowest BCUT2D eigenvalue weighted by atomic mass is 9.99. The molecule has 8 rings (SSSR count). The van der Waals surface area contributed by atoms with Gasteiger partial charge in [-0.05, 0) is 35.0 Å². The number of hydrogen-bond donors (Lipinski definition) is 0. The first-order valence-corrected chi connectivity index (χ1v) is 14.8. The van der Waals surface area contributed by atoms with Gasteiger partial charge in [-0.15, -0.1) is 0 Å². The lowest BCUT2D eigenvalue weighted by molar-refractivity contribution is 0.592. The van der Waals surface area contributed by atoms with E-state index in [1.165, 1.54) is 16.2 Å². The molecule has 0 aliphatic carbocycles. The highest BCUT2D eigenvalue weighted by Gasteiger charge is 2.33. The Kier molecular flexibility index (Phi) is 4.79. The van der Waals surface area contributed by atoms with Crippen molar-refractivity contribution in [3.63, 3.8) is 0 Å². The Balaban J connectivity index is 1.61. The van der Waals surface area contributed by atoms with E-state index < -0.39 is 7.14 Å². The molecule has 39 heavy (non-hydrogen) atoms. The zero-order valence-corrected chi connectivity index (χ0v) is 21.9. The normalized spacial score (nSPS) is 12.2. The number of fused-ring (bicyclic) bond motifs is 10. The lowest BCUT2D eigenvalue weighted by Crippen LogP contribution is -2.26. The molecular weight excluding hydrogens is 495 g/mol. The summed E-state index contributed by atoms with van der Waals surface area (Å²) in [5, 5.41) is 8.28. The zero-order valence-electron chi connectivity index (χ0n) is 21.0. The SMILES string of the molecule is O=P(c1ccccc1)(c1ccccc1)c1cccc2nc3c4ccc5ccccc5c4c4ccccc4n3c12. The number of imidazole rings is 1. The van der Waals surface area contributed by atoms with Crippen LogP contribution in [0.4, 0.5) is 0 Å². The standard InChI is InChI=1S/C35H23N2OP/c38-39(25-13-3-1-4-14-25,26-15-5-2-6-16-26)32-21-11-19-30-34(32)37-31-20-10-9-18-28(31)33-27-17-8-7-12-24(27)22-23-29(33)35(37)36-30/h1-23H. The van der Waals surface area contributed by atoms with Gasteiger partial charge in [-0.1, -0.05) is 115 Å². The van der Waals surface area contributed by atoms with Gasteiger partial charge in [0.2, 0.25) is 0 Å². The predicted octanol–water partition coefficient (Wildman–Crippen LogP) is 7.59. The molecule has 0 atom stereocenters. The van der Waals surface area contributed by atoms with E-state index in [0.717, 1.165) is 48.9 Å². The van der Waals surface area contributed by atoms with Gasteiger partial charge in [-0.2, -0.15) is 0 Å². The summed E-state index contributed by atoms with van der Waals surface area (Å²) in [5.41, 5.74) is 3.67. The number of nitrogens with zero attached hydrogens (tertiary/aromatic N) is 2. The third kappa shape index (κ3) is 3.11. The quantitative estimate of drug-likeness (QED) is 0.178. The molecule has 0 aliphatic heterocycles. The van der Waals surface area contributed by atoms with E-state index in [-0.39, 0.29) is 0 Å².